The van der Waals surface area contributed by atoms with Gasteiger partial charge in [0.2, 0.25) is 0 Å². The molecule has 0 spiro atoms. The Morgan fingerprint density at radius 3 is 2.24 bits per heavy atom. The molecule has 2 saturated heterocycles. The number of fused-ring (bicyclic) bond motifs is 1. The van der Waals surface area contributed by atoms with Gasteiger partial charge >= 0.3 is 5.97 Å². The Labute approximate surface area is 169 Å². The Morgan fingerprint density at radius 1 is 0.897 bits per heavy atom. The zero-order chi connectivity index (χ0) is 20.2. The molecule has 0 aromatic heterocycles. The van der Waals surface area contributed by atoms with E-state index in [1.54, 1.807) is 31.4 Å². The standard InChI is InChI=1S/C22H24O7/c1-24-18-17-16(13-26-21(29-17)15-11-7-4-8-12-15)27-22(25-2)19(18)28-20(23)14-9-5-3-6-10-14/h3-12,16-19,21-22H,13H2,1-2H3/t16-,17+,18-,19-,21+,22+/m1/s1. The number of ether oxygens (including phenoxy) is 6. The summed E-state index contributed by atoms with van der Waals surface area (Å²) in [5, 5.41) is 0. The van der Waals surface area contributed by atoms with Gasteiger partial charge in [0.05, 0.1) is 12.2 Å². The van der Waals surface area contributed by atoms with E-state index in [-0.39, 0.29) is 0 Å². The van der Waals surface area contributed by atoms with E-state index < -0.39 is 43.0 Å². The summed E-state index contributed by atoms with van der Waals surface area (Å²) in [7, 11) is 3.05. The molecule has 0 unspecified atom stereocenters. The first-order valence-corrected chi connectivity index (χ1v) is 9.50. The maximum Gasteiger partial charge on any atom is 0.338 e. The molecule has 2 aromatic carbocycles. The number of carbonyl (C=O) groups excluding carboxylic acids is 1. The van der Waals surface area contributed by atoms with Crippen LogP contribution < -0.4 is 0 Å². The van der Waals surface area contributed by atoms with Gasteiger partial charge in [-0.15, -0.1) is 0 Å². The Kier molecular flexibility index (Phi) is 6.22. The monoisotopic (exact) mass is 400 g/mol. The maximum atomic E-state index is 12.6. The molecular formula is C22H24O7. The summed E-state index contributed by atoms with van der Waals surface area (Å²) in [6.07, 6.45) is -3.62. The Hall–Kier alpha value is -2.29. The van der Waals surface area contributed by atoms with Crippen LogP contribution in [-0.2, 0) is 28.4 Å². The molecule has 4 rings (SSSR count). The molecule has 0 bridgehead atoms. The van der Waals surface area contributed by atoms with Crippen molar-refractivity contribution in [1.29, 1.82) is 0 Å². The molecule has 0 saturated carbocycles. The quantitative estimate of drug-likeness (QED) is 0.715. The molecule has 0 amide bonds. The molecule has 0 N–H and O–H groups in total. The second kappa shape index (κ2) is 9.02. The lowest BCUT2D eigenvalue weighted by molar-refractivity contribution is -0.359. The predicted octanol–water partition coefficient (Wildman–Crippen LogP) is 2.71. The highest BCUT2D eigenvalue weighted by molar-refractivity contribution is 5.89. The molecule has 154 valence electrons. The molecule has 2 aliphatic rings. The molecule has 0 radical (unpaired) electrons. The molecule has 7 heteroatoms. The second-order valence-corrected chi connectivity index (χ2v) is 6.89. The van der Waals surface area contributed by atoms with E-state index >= 15 is 0 Å². The van der Waals surface area contributed by atoms with Crippen LogP contribution in [0.15, 0.2) is 60.7 Å². The van der Waals surface area contributed by atoms with Crippen LogP contribution in [0.5, 0.6) is 0 Å². The van der Waals surface area contributed by atoms with Gasteiger partial charge in [-0.2, -0.15) is 0 Å². The maximum absolute atomic E-state index is 12.6. The minimum absolute atomic E-state index is 0.309. The first-order chi connectivity index (χ1) is 14.2. The molecule has 6 atom stereocenters. The summed E-state index contributed by atoms with van der Waals surface area (Å²) in [5.74, 6) is -0.478. The fraction of sp³-hybridized carbons (Fsp3) is 0.409. The summed E-state index contributed by atoms with van der Waals surface area (Å²) in [4.78, 5) is 12.6. The molecule has 0 aliphatic carbocycles. The number of esters is 1. The number of methoxy groups -OCH3 is 2. The van der Waals surface area contributed by atoms with Gasteiger partial charge in [-0.3, -0.25) is 0 Å². The molecule has 7 nitrogen and oxygen atoms in total. The van der Waals surface area contributed by atoms with Crippen molar-refractivity contribution in [3.63, 3.8) is 0 Å². The first-order valence-electron chi connectivity index (χ1n) is 9.50. The largest absolute Gasteiger partial charge is 0.450 e. The van der Waals surface area contributed by atoms with E-state index in [2.05, 4.69) is 0 Å². The Balaban J connectivity index is 1.54. The predicted molar refractivity (Wildman–Crippen MR) is 102 cm³/mol. The number of carbonyl (C=O) groups is 1. The van der Waals surface area contributed by atoms with Crippen LogP contribution >= 0.6 is 0 Å². The van der Waals surface area contributed by atoms with Crippen LogP contribution in [0, 0.1) is 0 Å². The topological polar surface area (TPSA) is 72.5 Å². The lowest BCUT2D eigenvalue weighted by atomic mass is 9.97. The van der Waals surface area contributed by atoms with Crippen LogP contribution in [0.25, 0.3) is 0 Å². The van der Waals surface area contributed by atoms with Crippen LogP contribution in [0.4, 0.5) is 0 Å². The normalized spacial score (nSPS) is 31.7. The lowest BCUT2D eigenvalue weighted by Crippen LogP contribution is -2.63. The van der Waals surface area contributed by atoms with Crippen molar-refractivity contribution in [3.05, 3.63) is 71.8 Å². The van der Waals surface area contributed by atoms with Crippen molar-refractivity contribution in [1.82, 2.24) is 0 Å². The number of benzene rings is 2. The van der Waals surface area contributed by atoms with Crippen LogP contribution in [0.2, 0.25) is 0 Å². The van der Waals surface area contributed by atoms with Crippen molar-refractivity contribution >= 4 is 5.97 Å². The van der Waals surface area contributed by atoms with Gasteiger partial charge in [0, 0.05) is 19.8 Å². The summed E-state index contributed by atoms with van der Waals surface area (Å²) in [6, 6.07) is 18.4. The highest BCUT2D eigenvalue weighted by atomic mass is 16.8. The van der Waals surface area contributed by atoms with Gasteiger partial charge in [-0.25, -0.2) is 4.79 Å². The van der Waals surface area contributed by atoms with E-state index in [9.17, 15) is 4.79 Å². The molecule has 2 aromatic rings. The first kappa shape index (κ1) is 20.0. The zero-order valence-corrected chi connectivity index (χ0v) is 16.3. The fourth-order valence-corrected chi connectivity index (χ4v) is 3.68. The van der Waals surface area contributed by atoms with Crippen LogP contribution in [0.3, 0.4) is 0 Å². The number of rotatable bonds is 5. The highest BCUT2D eigenvalue weighted by Crippen LogP contribution is 2.36. The van der Waals surface area contributed by atoms with Crippen LogP contribution in [0.1, 0.15) is 22.2 Å². The van der Waals surface area contributed by atoms with E-state index in [4.69, 9.17) is 28.4 Å². The lowest BCUT2D eigenvalue weighted by Gasteiger charge is -2.47. The third-order valence-corrected chi connectivity index (χ3v) is 5.11. The summed E-state index contributed by atoms with van der Waals surface area (Å²) in [5.41, 5.74) is 1.34. The third kappa shape index (κ3) is 4.19. The highest BCUT2D eigenvalue weighted by Gasteiger charge is 2.52. The minimum Gasteiger partial charge on any atom is -0.450 e. The second-order valence-electron chi connectivity index (χ2n) is 6.89. The van der Waals surface area contributed by atoms with Crippen molar-refractivity contribution in [3.8, 4) is 0 Å². The molecular weight excluding hydrogens is 376 g/mol. The minimum atomic E-state index is -0.798. The van der Waals surface area contributed by atoms with E-state index in [0.29, 0.717) is 12.2 Å². The Morgan fingerprint density at radius 2 is 1.59 bits per heavy atom. The number of hydrogen-bond donors (Lipinski definition) is 0. The van der Waals surface area contributed by atoms with Gasteiger partial charge in [0.25, 0.3) is 0 Å². The average Bonchev–Trinajstić information content (AvgIpc) is 2.79. The fourth-order valence-electron chi connectivity index (χ4n) is 3.68. The van der Waals surface area contributed by atoms with E-state index in [1.165, 1.54) is 7.11 Å². The molecule has 29 heavy (non-hydrogen) atoms. The van der Waals surface area contributed by atoms with E-state index in [1.807, 2.05) is 36.4 Å². The zero-order valence-electron chi connectivity index (χ0n) is 16.3. The van der Waals surface area contributed by atoms with Gasteiger partial charge < -0.3 is 28.4 Å². The van der Waals surface area contributed by atoms with Crippen molar-refractivity contribution in [2.45, 2.75) is 37.0 Å². The Bertz CT molecular complexity index is 797. The van der Waals surface area contributed by atoms with Gasteiger partial charge in [-0.05, 0) is 12.1 Å². The SMILES string of the molecule is CO[C@H]1O[C@@H]2CO[C@H](c3ccccc3)O[C@@H]2[C@@H](OC)[C@H]1OC(=O)c1ccccc1. The molecule has 2 heterocycles. The summed E-state index contributed by atoms with van der Waals surface area (Å²) < 4.78 is 34.9. The molecule has 2 aliphatic heterocycles. The summed E-state index contributed by atoms with van der Waals surface area (Å²) in [6.45, 7) is 0.309. The smallest absolute Gasteiger partial charge is 0.338 e. The average molecular weight is 400 g/mol. The van der Waals surface area contributed by atoms with Crippen LogP contribution in [-0.4, -0.2) is 57.5 Å². The van der Waals surface area contributed by atoms with Crippen molar-refractivity contribution < 1.29 is 33.2 Å². The third-order valence-electron chi connectivity index (χ3n) is 5.11. The van der Waals surface area contributed by atoms with Crippen molar-refractivity contribution in [2.24, 2.45) is 0 Å². The molecule has 2 fully saturated rings. The van der Waals surface area contributed by atoms with Gasteiger partial charge in [0.1, 0.15) is 18.3 Å². The van der Waals surface area contributed by atoms with Gasteiger partial charge in [-0.1, -0.05) is 48.5 Å². The number of hydrogen-bond acceptors (Lipinski definition) is 7. The van der Waals surface area contributed by atoms with Gasteiger partial charge in [0.15, 0.2) is 18.7 Å². The van der Waals surface area contributed by atoms with Crippen molar-refractivity contribution in [2.75, 3.05) is 20.8 Å². The van der Waals surface area contributed by atoms with E-state index in [0.717, 1.165) is 5.56 Å². The summed E-state index contributed by atoms with van der Waals surface area (Å²) >= 11 is 0.